The molecule has 1 aromatic carbocycles. The van der Waals surface area contributed by atoms with Crippen LogP contribution in [-0.2, 0) is 4.74 Å². The third kappa shape index (κ3) is 3.83. The largest absolute Gasteiger partial charge is 0.497 e. The summed E-state index contributed by atoms with van der Waals surface area (Å²) in [5.74, 6) is 1.61. The molecule has 1 amide bonds. The molecule has 0 aliphatic carbocycles. The van der Waals surface area contributed by atoms with Crippen molar-refractivity contribution in [2.75, 3.05) is 38.8 Å². The van der Waals surface area contributed by atoms with E-state index in [0.29, 0.717) is 23.7 Å². The maximum atomic E-state index is 12.9. The summed E-state index contributed by atoms with van der Waals surface area (Å²) in [6.07, 6.45) is 2.11. The SMILES string of the molecule is COc1ccc(-c2onc(N3CCCC3)c2C(=O)NCC(C)OC)cc1. The topological polar surface area (TPSA) is 76.8 Å². The zero-order valence-electron chi connectivity index (χ0n) is 15.4. The molecule has 1 atom stereocenters. The summed E-state index contributed by atoms with van der Waals surface area (Å²) in [5.41, 5.74) is 1.26. The summed E-state index contributed by atoms with van der Waals surface area (Å²) >= 11 is 0. The number of amides is 1. The molecule has 1 fully saturated rings. The van der Waals surface area contributed by atoms with Crippen molar-refractivity contribution >= 4 is 11.7 Å². The minimum Gasteiger partial charge on any atom is -0.497 e. The Kier molecular flexibility index (Phi) is 5.78. The molecule has 3 rings (SSSR count). The summed E-state index contributed by atoms with van der Waals surface area (Å²) < 4.78 is 16.0. The van der Waals surface area contributed by atoms with Gasteiger partial charge in [0, 0.05) is 32.3 Å². The van der Waals surface area contributed by atoms with E-state index in [1.54, 1.807) is 14.2 Å². The van der Waals surface area contributed by atoms with E-state index < -0.39 is 0 Å². The number of carbonyl (C=O) groups excluding carboxylic acids is 1. The number of benzene rings is 1. The fourth-order valence-electron chi connectivity index (χ4n) is 2.98. The third-order valence-corrected chi connectivity index (χ3v) is 4.61. The van der Waals surface area contributed by atoms with Gasteiger partial charge in [0.15, 0.2) is 11.6 Å². The molecule has 1 saturated heterocycles. The molecule has 26 heavy (non-hydrogen) atoms. The normalized spacial score (nSPS) is 15.1. The maximum Gasteiger partial charge on any atom is 0.259 e. The van der Waals surface area contributed by atoms with Crippen LogP contribution in [0.15, 0.2) is 28.8 Å². The number of nitrogens with one attached hydrogen (secondary N) is 1. The van der Waals surface area contributed by atoms with E-state index in [1.807, 2.05) is 31.2 Å². The Morgan fingerprint density at radius 3 is 2.58 bits per heavy atom. The van der Waals surface area contributed by atoms with Gasteiger partial charge in [-0.25, -0.2) is 0 Å². The molecule has 1 N–H and O–H groups in total. The Morgan fingerprint density at radius 1 is 1.27 bits per heavy atom. The molecule has 2 heterocycles. The van der Waals surface area contributed by atoms with Crippen molar-refractivity contribution in [1.82, 2.24) is 10.5 Å². The molecule has 0 radical (unpaired) electrons. The number of carbonyl (C=O) groups is 1. The van der Waals surface area contributed by atoms with Crippen LogP contribution in [0.1, 0.15) is 30.1 Å². The fraction of sp³-hybridized carbons (Fsp3) is 0.474. The molecule has 1 aromatic heterocycles. The summed E-state index contributed by atoms with van der Waals surface area (Å²) in [6, 6.07) is 7.40. The highest BCUT2D eigenvalue weighted by Gasteiger charge is 2.29. The number of rotatable bonds is 7. The number of hydrogen-bond donors (Lipinski definition) is 1. The summed E-state index contributed by atoms with van der Waals surface area (Å²) in [6.45, 7) is 4.08. The van der Waals surface area contributed by atoms with Gasteiger partial charge in [-0.2, -0.15) is 0 Å². The van der Waals surface area contributed by atoms with Crippen LogP contribution >= 0.6 is 0 Å². The van der Waals surface area contributed by atoms with Crippen LogP contribution < -0.4 is 15.0 Å². The predicted octanol–water partition coefficient (Wildman–Crippen LogP) is 2.72. The zero-order valence-corrected chi connectivity index (χ0v) is 15.4. The quantitative estimate of drug-likeness (QED) is 0.819. The number of hydrogen-bond acceptors (Lipinski definition) is 6. The zero-order chi connectivity index (χ0) is 18.5. The van der Waals surface area contributed by atoms with E-state index in [9.17, 15) is 4.79 Å². The molecule has 2 aromatic rings. The van der Waals surface area contributed by atoms with Gasteiger partial charge in [0.05, 0.1) is 13.2 Å². The number of aromatic nitrogens is 1. The van der Waals surface area contributed by atoms with Crippen molar-refractivity contribution < 1.29 is 18.8 Å². The average molecular weight is 359 g/mol. The van der Waals surface area contributed by atoms with Gasteiger partial charge in [-0.05, 0) is 44.0 Å². The lowest BCUT2D eigenvalue weighted by molar-refractivity contribution is 0.0871. The number of nitrogens with zero attached hydrogens (tertiary/aromatic N) is 2. The van der Waals surface area contributed by atoms with E-state index in [-0.39, 0.29) is 12.0 Å². The second-order valence-electron chi connectivity index (χ2n) is 6.39. The van der Waals surface area contributed by atoms with Crippen molar-refractivity contribution in [3.8, 4) is 17.1 Å². The predicted molar refractivity (Wildman–Crippen MR) is 98.7 cm³/mol. The lowest BCUT2D eigenvalue weighted by atomic mass is 10.1. The summed E-state index contributed by atoms with van der Waals surface area (Å²) in [7, 11) is 3.24. The van der Waals surface area contributed by atoms with Crippen molar-refractivity contribution in [2.45, 2.75) is 25.9 Å². The van der Waals surface area contributed by atoms with E-state index >= 15 is 0 Å². The molecule has 7 nitrogen and oxygen atoms in total. The molecule has 0 spiro atoms. The van der Waals surface area contributed by atoms with E-state index in [0.717, 1.165) is 37.2 Å². The van der Waals surface area contributed by atoms with Gasteiger partial charge in [0.2, 0.25) is 0 Å². The molecule has 140 valence electrons. The lowest BCUT2D eigenvalue weighted by Gasteiger charge is -2.16. The maximum absolute atomic E-state index is 12.9. The van der Waals surface area contributed by atoms with Crippen LogP contribution in [0.4, 0.5) is 5.82 Å². The number of methoxy groups -OCH3 is 2. The first-order valence-corrected chi connectivity index (χ1v) is 8.84. The van der Waals surface area contributed by atoms with Crippen molar-refractivity contribution in [3.05, 3.63) is 29.8 Å². The van der Waals surface area contributed by atoms with Crippen LogP contribution in [-0.4, -0.2) is 51.0 Å². The molecular formula is C19H25N3O4. The monoisotopic (exact) mass is 359 g/mol. The van der Waals surface area contributed by atoms with E-state index in [1.165, 1.54) is 0 Å². The highest BCUT2D eigenvalue weighted by molar-refractivity contribution is 6.04. The van der Waals surface area contributed by atoms with Crippen LogP contribution in [0.3, 0.4) is 0 Å². The van der Waals surface area contributed by atoms with Gasteiger partial charge < -0.3 is 24.2 Å². The van der Waals surface area contributed by atoms with Gasteiger partial charge in [0.25, 0.3) is 5.91 Å². The van der Waals surface area contributed by atoms with E-state index in [2.05, 4.69) is 15.4 Å². The summed E-state index contributed by atoms with van der Waals surface area (Å²) in [4.78, 5) is 15.0. The Bertz CT molecular complexity index is 736. The van der Waals surface area contributed by atoms with Crippen LogP contribution in [0.5, 0.6) is 5.75 Å². The first kappa shape index (κ1) is 18.3. The lowest BCUT2D eigenvalue weighted by Crippen LogP contribution is -2.33. The second-order valence-corrected chi connectivity index (χ2v) is 6.39. The number of ether oxygens (including phenoxy) is 2. The van der Waals surface area contributed by atoms with Crippen molar-refractivity contribution in [3.63, 3.8) is 0 Å². The van der Waals surface area contributed by atoms with Crippen LogP contribution in [0.25, 0.3) is 11.3 Å². The smallest absolute Gasteiger partial charge is 0.259 e. The standard InChI is InChI=1S/C19H25N3O4/c1-13(24-2)12-20-19(23)16-17(14-6-8-15(25-3)9-7-14)26-21-18(16)22-10-4-5-11-22/h6-9,13H,4-5,10-12H2,1-3H3,(H,20,23). The van der Waals surface area contributed by atoms with E-state index in [4.69, 9.17) is 14.0 Å². The Labute approximate surface area is 153 Å². The van der Waals surface area contributed by atoms with Gasteiger partial charge in [-0.3, -0.25) is 4.79 Å². The Morgan fingerprint density at radius 2 is 1.96 bits per heavy atom. The van der Waals surface area contributed by atoms with Gasteiger partial charge >= 0.3 is 0 Å². The average Bonchev–Trinajstić information content (AvgIpc) is 3.35. The van der Waals surface area contributed by atoms with Gasteiger partial charge in [0.1, 0.15) is 11.3 Å². The molecule has 1 unspecified atom stereocenters. The minimum absolute atomic E-state index is 0.0708. The van der Waals surface area contributed by atoms with Gasteiger partial charge in [-0.1, -0.05) is 5.16 Å². The molecule has 1 aliphatic rings. The Balaban J connectivity index is 1.93. The molecule has 7 heteroatoms. The van der Waals surface area contributed by atoms with Gasteiger partial charge in [-0.15, -0.1) is 0 Å². The number of anilines is 1. The minimum atomic E-state index is -0.206. The molecule has 0 bridgehead atoms. The highest BCUT2D eigenvalue weighted by Crippen LogP contribution is 2.33. The van der Waals surface area contributed by atoms with Crippen molar-refractivity contribution in [1.29, 1.82) is 0 Å². The molecule has 0 saturated carbocycles. The third-order valence-electron chi connectivity index (χ3n) is 4.61. The van der Waals surface area contributed by atoms with Crippen LogP contribution in [0, 0.1) is 0 Å². The Hall–Kier alpha value is -2.54. The van der Waals surface area contributed by atoms with Crippen LogP contribution in [0.2, 0.25) is 0 Å². The van der Waals surface area contributed by atoms with Crippen molar-refractivity contribution in [2.24, 2.45) is 0 Å². The summed E-state index contributed by atoms with van der Waals surface area (Å²) in [5, 5.41) is 7.13. The molecule has 1 aliphatic heterocycles. The first-order valence-electron chi connectivity index (χ1n) is 8.84. The second kappa shape index (κ2) is 8.23. The molecular weight excluding hydrogens is 334 g/mol. The first-order chi connectivity index (χ1) is 12.6. The fourth-order valence-corrected chi connectivity index (χ4v) is 2.98. The highest BCUT2D eigenvalue weighted by atomic mass is 16.5.